The van der Waals surface area contributed by atoms with Gasteiger partial charge in [-0.2, -0.15) is 4.98 Å². The van der Waals surface area contributed by atoms with Gasteiger partial charge in [-0.25, -0.2) is 4.98 Å². The number of ether oxygens (including phenoxy) is 1. The molecule has 0 unspecified atom stereocenters. The molecule has 0 bridgehead atoms. The van der Waals surface area contributed by atoms with Crippen molar-refractivity contribution in [1.29, 1.82) is 0 Å². The quantitative estimate of drug-likeness (QED) is 0.775. The zero-order chi connectivity index (χ0) is 16.9. The van der Waals surface area contributed by atoms with Gasteiger partial charge in [0.2, 0.25) is 11.7 Å². The lowest BCUT2D eigenvalue weighted by molar-refractivity contribution is 0.00198. The molecule has 1 aromatic carbocycles. The van der Waals surface area contributed by atoms with Gasteiger partial charge in [0, 0.05) is 18.5 Å². The molecule has 4 heterocycles. The molecule has 0 aliphatic carbocycles. The lowest BCUT2D eigenvalue weighted by Crippen LogP contribution is -2.44. The van der Waals surface area contributed by atoms with Crippen molar-refractivity contribution < 1.29 is 9.26 Å². The van der Waals surface area contributed by atoms with Crippen LogP contribution in [0.15, 0.2) is 34.9 Å². The molecule has 6 heteroatoms. The molecule has 2 aromatic heterocycles. The maximum absolute atomic E-state index is 5.75. The second-order valence-electron chi connectivity index (χ2n) is 7.09. The Labute approximate surface area is 145 Å². The van der Waals surface area contributed by atoms with Crippen LogP contribution in [0.3, 0.4) is 0 Å². The van der Waals surface area contributed by atoms with Gasteiger partial charge in [-0.05, 0) is 43.5 Å². The fraction of sp³-hybridized carbons (Fsp3) is 0.421. The largest absolute Gasteiger partial charge is 0.380 e. The number of rotatable bonds is 2. The number of hydrogen-bond acceptors (Lipinski definition) is 6. The van der Waals surface area contributed by atoms with E-state index < -0.39 is 0 Å². The molecule has 2 fully saturated rings. The van der Waals surface area contributed by atoms with E-state index in [-0.39, 0.29) is 5.41 Å². The highest BCUT2D eigenvalue weighted by molar-refractivity contribution is 5.84. The molecule has 0 saturated carbocycles. The van der Waals surface area contributed by atoms with Crippen molar-refractivity contribution in [2.45, 2.75) is 18.8 Å². The fourth-order valence-corrected chi connectivity index (χ4v) is 4.14. The molecule has 2 saturated heterocycles. The van der Waals surface area contributed by atoms with E-state index in [1.807, 2.05) is 24.3 Å². The summed E-state index contributed by atoms with van der Waals surface area (Å²) in [7, 11) is 0. The molecule has 0 amide bonds. The Hall–Kier alpha value is -2.31. The Morgan fingerprint density at radius 2 is 2.16 bits per heavy atom. The van der Waals surface area contributed by atoms with Gasteiger partial charge in [0.1, 0.15) is 5.69 Å². The number of aromatic nitrogens is 3. The van der Waals surface area contributed by atoms with Crippen molar-refractivity contribution in [3.05, 3.63) is 41.8 Å². The van der Waals surface area contributed by atoms with Crippen LogP contribution >= 0.6 is 0 Å². The van der Waals surface area contributed by atoms with E-state index in [9.17, 15) is 0 Å². The highest BCUT2D eigenvalue weighted by atomic mass is 16.5. The number of nitrogens with one attached hydrogen (secondary N) is 1. The van der Waals surface area contributed by atoms with Gasteiger partial charge < -0.3 is 14.6 Å². The first-order valence-electron chi connectivity index (χ1n) is 8.76. The third kappa shape index (κ3) is 2.28. The summed E-state index contributed by atoms with van der Waals surface area (Å²) in [6.07, 6.45) is 1.03. The summed E-state index contributed by atoms with van der Waals surface area (Å²) in [4.78, 5) is 9.44. The molecule has 128 valence electrons. The smallest absolute Gasteiger partial charge is 0.237 e. The Morgan fingerprint density at radius 3 is 3.12 bits per heavy atom. The summed E-state index contributed by atoms with van der Waals surface area (Å²) in [5, 5.41) is 8.84. The normalized spacial score (nSPS) is 26.0. The number of benzene rings is 1. The van der Waals surface area contributed by atoms with E-state index in [2.05, 4.69) is 23.5 Å². The molecule has 0 radical (unpaired) electrons. The summed E-state index contributed by atoms with van der Waals surface area (Å²) in [6, 6.07) is 10.1. The van der Waals surface area contributed by atoms with E-state index >= 15 is 0 Å². The predicted molar refractivity (Wildman–Crippen MR) is 93.2 cm³/mol. The van der Waals surface area contributed by atoms with Crippen molar-refractivity contribution in [3.8, 4) is 11.5 Å². The monoisotopic (exact) mass is 336 g/mol. The number of hydrogen-bond donors (Lipinski definition) is 1. The summed E-state index contributed by atoms with van der Waals surface area (Å²) < 4.78 is 11.4. The minimum atomic E-state index is -0.199. The zero-order valence-corrected chi connectivity index (χ0v) is 14.2. The van der Waals surface area contributed by atoms with Crippen molar-refractivity contribution >= 4 is 10.9 Å². The second kappa shape index (κ2) is 5.61. The van der Waals surface area contributed by atoms with Crippen molar-refractivity contribution in [2.24, 2.45) is 5.92 Å². The minimum Gasteiger partial charge on any atom is -0.380 e. The SMILES string of the molecule is Cc1cc(-c2noc([C@]34CNC[C@H]3CCOC4)n2)nc2ccccc12. The van der Waals surface area contributed by atoms with E-state index in [4.69, 9.17) is 19.2 Å². The van der Waals surface area contributed by atoms with Crippen molar-refractivity contribution in [3.63, 3.8) is 0 Å². The van der Waals surface area contributed by atoms with Gasteiger partial charge in [0.05, 0.1) is 17.5 Å². The Balaban J connectivity index is 1.57. The summed E-state index contributed by atoms with van der Waals surface area (Å²) >= 11 is 0. The third-order valence-electron chi connectivity index (χ3n) is 5.59. The maximum atomic E-state index is 5.75. The van der Waals surface area contributed by atoms with Crippen molar-refractivity contribution in [1.82, 2.24) is 20.4 Å². The van der Waals surface area contributed by atoms with Gasteiger partial charge in [-0.3, -0.25) is 0 Å². The van der Waals surface area contributed by atoms with E-state index in [0.717, 1.165) is 48.3 Å². The Kier molecular flexibility index (Phi) is 3.36. The van der Waals surface area contributed by atoms with E-state index in [1.54, 1.807) is 0 Å². The molecular formula is C19H20N4O2. The van der Waals surface area contributed by atoms with Crippen molar-refractivity contribution in [2.75, 3.05) is 26.3 Å². The molecule has 3 aromatic rings. The minimum absolute atomic E-state index is 0.199. The number of para-hydroxylation sites is 1. The highest BCUT2D eigenvalue weighted by Crippen LogP contribution is 2.40. The van der Waals surface area contributed by atoms with Crippen LogP contribution in [0.25, 0.3) is 22.4 Å². The van der Waals surface area contributed by atoms with Crippen LogP contribution in [-0.2, 0) is 10.2 Å². The van der Waals surface area contributed by atoms with E-state index in [1.165, 1.54) is 0 Å². The molecule has 2 aliphatic heterocycles. The van der Waals surface area contributed by atoms with Crippen LogP contribution in [0.5, 0.6) is 0 Å². The molecular weight excluding hydrogens is 316 g/mol. The standard InChI is InChI=1S/C19H20N4O2/c1-12-8-16(21-15-5-3-2-4-14(12)15)17-22-18(25-23-17)19-10-20-9-13(19)6-7-24-11-19/h2-5,8,13,20H,6-7,9-11H2,1H3/t13-,19+/m1/s1. The fourth-order valence-electron chi connectivity index (χ4n) is 4.14. The van der Waals surface area contributed by atoms with Gasteiger partial charge >= 0.3 is 0 Å². The first-order chi connectivity index (χ1) is 12.3. The lowest BCUT2D eigenvalue weighted by Gasteiger charge is -2.34. The van der Waals surface area contributed by atoms with E-state index in [0.29, 0.717) is 24.2 Å². The second-order valence-corrected chi connectivity index (χ2v) is 7.09. The van der Waals surface area contributed by atoms with Gasteiger partial charge in [-0.15, -0.1) is 0 Å². The number of nitrogens with zero attached hydrogens (tertiary/aromatic N) is 3. The molecule has 5 rings (SSSR count). The van der Waals surface area contributed by atoms with Crippen LogP contribution < -0.4 is 5.32 Å². The predicted octanol–water partition coefficient (Wildman–Crippen LogP) is 2.47. The molecule has 1 N–H and O–H groups in total. The van der Waals surface area contributed by atoms with Gasteiger partial charge in [0.15, 0.2) is 0 Å². The number of aryl methyl sites for hydroxylation is 1. The van der Waals surface area contributed by atoms with Crippen LogP contribution in [0.2, 0.25) is 0 Å². The highest BCUT2D eigenvalue weighted by Gasteiger charge is 2.50. The average molecular weight is 336 g/mol. The van der Waals surface area contributed by atoms with Crippen LogP contribution in [-0.4, -0.2) is 41.4 Å². The first-order valence-corrected chi connectivity index (χ1v) is 8.76. The maximum Gasteiger partial charge on any atom is 0.237 e. The molecule has 2 aliphatic rings. The topological polar surface area (TPSA) is 73.1 Å². The average Bonchev–Trinajstić information content (AvgIpc) is 3.29. The first kappa shape index (κ1) is 15.0. The zero-order valence-electron chi connectivity index (χ0n) is 14.2. The molecule has 2 atom stereocenters. The Morgan fingerprint density at radius 1 is 1.24 bits per heavy atom. The Bertz CT molecular complexity index is 938. The summed E-state index contributed by atoms with van der Waals surface area (Å²) in [5.74, 6) is 1.71. The number of fused-ring (bicyclic) bond motifs is 2. The number of pyridine rings is 1. The lowest BCUT2D eigenvalue weighted by atomic mass is 9.75. The molecule has 6 nitrogen and oxygen atoms in total. The molecule has 25 heavy (non-hydrogen) atoms. The van der Waals surface area contributed by atoms with Crippen LogP contribution in [0.1, 0.15) is 17.9 Å². The van der Waals surface area contributed by atoms with Gasteiger partial charge in [-0.1, -0.05) is 23.4 Å². The summed E-state index contributed by atoms with van der Waals surface area (Å²) in [5.41, 5.74) is 2.66. The van der Waals surface area contributed by atoms with Gasteiger partial charge in [0.25, 0.3) is 0 Å². The van der Waals surface area contributed by atoms with Crippen LogP contribution in [0, 0.1) is 12.8 Å². The third-order valence-corrected chi connectivity index (χ3v) is 5.59. The van der Waals surface area contributed by atoms with Crippen LogP contribution in [0.4, 0.5) is 0 Å². The summed E-state index contributed by atoms with van der Waals surface area (Å²) in [6.45, 7) is 5.33. The molecule has 0 spiro atoms.